The van der Waals surface area contributed by atoms with Gasteiger partial charge in [-0.05, 0) is 113 Å². The maximum absolute atomic E-state index is 13.4. The van der Waals surface area contributed by atoms with Gasteiger partial charge in [0.05, 0.1) is 17.8 Å². The average molecular weight is 537 g/mol. The van der Waals surface area contributed by atoms with E-state index in [1.165, 1.54) is 43.4 Å². The number of fused-ring (bicyclic) bond motifs is 1. The number of nitrogens with one attached hydrogen (secondary N) is 2. The van der Waals surface area contributed by atoms with E-state index in [9.17, 15) is 14.7 Å². The highest BCUT2D eigenvalue weighted by Crippen LogP contribution is 2.61. The second-order valence-electron chi connectivity index (χ2n) is 13.3. The van der Waals surface area contributed by atoms with Crippen LogP contribution in [-0.4, -0.2) is 58.8 Å². The Bertz CT molecular complexity index is 1190. The summed E-state index contributed by atoms with van der Waals surface area (Å²) in [5, 5.41) is 16.8. The maximum atomic E-state index is 13.4. The number of aryl methyl sites for hydroxylation is 1. The number of pyridine rings is 1. The molecule has 1 aromatic carbocycles. The summed E-state index contributed by atoms with van der Waals surface area (Å²) >= 11 is 0. The van der Waals surface area contributed by atoms with Gasteiger partial charge in [-0.3, -0.25) is 4.79 Å². The quantitative estimate of drug-likeness (QED) is 0.378. The van der Waals surface area contributed by atoms with Crippen LogP contribution in [-0.2, 0) is 9.53 Å². The highest BCUT2D eigenvalue weighted by atomic mass is 16.6. The number of aliphatic hydroxyl groups is 1. The van der Waals surface area contributed by atoms with E-state index < -0.39 is 11.7 Å². The van der Waals surface area contributed by atoms with Crippen LogP contribution in [0.15, 0.2) is 24.3 Å². The molecule has 4 saturated carbocycles. The first kappa shape index (κ1) is 27.7. The molecule has 2 amide bonds. The number of amides is 2. The van der Waals surface area contributed by atoms with E-state index in [-0.39, 0.29) is 24.5 Å². The van der Waals surface area contributed by atoms with Gasteiger partial charge in [-0.2, -0.15) is 0 Å². The van der Waals surface area contributed by atoms with Crippen molar-refractivity contribution in [2.24, 2.45) is 23.2 Å². The van der Waals surface area contributed by atoms with E-state index in [1.54, 1.807) is 0 Å². The SMILES string of the molecule is Cc1ccc2nc(NCCN(CCO)C(=O)OC(C)(C)C)ccc2c1NC(=O)CC12CC3CC(CC(C3)C1)C2. The zero-order valence-corrected chi connectivity index (χ0v) is 23.9. The number of hydrogen-bond donors (Lipinski definition) is 3. The fraction of sp³-hybridized carbons (Fsp3) is 0.645. The molecule has 4 aliphatic carbocycles. The first-order valence-electron chi connectivity index (χ1n) is 14.6. The molecular formula is C31H44N4O4. The third-order valence-corrected chi connectivity index (χ3v) is 8.75. The number of hydrogen-bond acceptors (Lipinski definition) is 6. The van der Waals surface area contributed by atoms with Gasteiger partial charge < -0.3 is 25.4 Å². The van der Waals surface area contributed by atoms with Gasteiger partial charge in [-0.25, -0.2) is 9.78 Å². The Kier molecular flexibility index (Phi) is 7.77. The Hall–Kier alpha value is -2.87. The van der Waals surface area contributed by atoms with Gasteiger partial charge in [0, 0.05) is 31.4 Å². The number of carbonyl (C=O) groups is 2. The lowest BCUT2D eigenvalue weighted by molar-refractivity contribution is -0.124. The zero-order valence-electron chi connectivity index (χ0n) is 23.9. The first-order valence-corrected chi connectivity index (χ1v) is 14.6. The number of aromatic nitrogens is 1. The second-order valence-corrected chi connectivity index (χ2v) is 13.3. The van der Waals surface area contributed by atoms with Crippen molar-refractivity contribution in [3.8, 4) is 0 Å². The molecule has 6 rings (SSSR count). The lowest BCUT2D eigenvalue weighted by Crippen LogP contribution is -2.47. The summed E-state index contributed by atoms with van der Waals surface area (Å²) in [6.45, 7) is 8.38. The highest BCUT2D eigenvalue weighted by molar-refractivity contribution is 6.02. The minimum absolute atomic E-state index is 0.126. The van der Waals surface area contributed by atoms with E-state index in [0.29, 0.717) is 25.3 Å². The predicted octanol–water partition coefficient (Wildman–Crippen LogP) is 5.73. The molecule has 8 nitrogen and oxygen atoms in total. The molecule has 1 aromatic heterocycles. The van der Waals surface area contributed by atoms with Gasteiger partial charge >= 0.3 is 6.09 Å². The van der Waals surface area contributed by atoms with Crippen molar-refractivity contribution >= 4 is 34.4 Å². The van der Waals surface area contributed by atoms with Crippen molar-refractivity contribution in [1.82, 2.24) is 9.88 Å². The van der Waals surface area contributed by atoms with Crippen LogP contribution in [0.3, 0.4) is 0 Å². The molecule has 39 heavy (non-hydrogen) atoms. The summed E-state index contributed by atoms with van der Waals surface area (Å²) in [7, 11) is 0. The Morgan fingerprint density at radius 3 is 2.33 bits per heavy atom. The average Bonchev–Trinajstić information content (AvgIpc) is 2.83. The summed E-state index contributed by atoms with van der Waals surface area (Å²) in [4.78, 5) is 32.0. The fourth-order valence-electron chi connectivity index (χ4n) is 7.67. The van der Waals surface area contributed by atoms with Crippen molar-refractivity contribution in [3.05, 3.63) is 29.8 Å². The second kappa shape index (κ2) is 11.0. The minimum atomic E-state index is -0.599. The van der Waals surface area contributed by atoms with Gasteiger partial charge in [-0.1, -0.05) is 6.07 Å². The lowest BCUT2D eigenvalue weighted by atomic mass is 9.49. The molecule has 4 fully saturated rings. The summed E-state index contributed by atoms with van der Waals surface area (Å²) in [5.74, 6) is 3.31. The number of anilines is 2. The molecular weight excluding hydrogens is 492 g/mol. The lowest BCUT2D eigenvalue weighted by Gasteiger charge is -2.56. The third kappa shape index (κ3) is 6.48. The zero-order chi connectivity index (χ0) is 27.8. The Morgan fingerprint density at radius 2 is 1.72 bits per heavy atom. The summed E-state index contributed by atoms with van der Waals surface area (Å²) in [6.07, 6.45) is 7.99. The van der Waals surface area contributed by atoms with Crippen LogP contribution in [0.2, 0.25) is 0 Å². The normalized spacial score (nSPS) is 25.5. The molecule has 4 bridgehead atoms. The third-order valence-electron chi connectivity index (χ3n) is 8.75. The topological polar surface area (TPSA) is 104 Å². The van der Waals surface area contributed by atoms with Crippen molar-refractivity contribution < 1.29 is 19.4 Å². The summed E-state index contributed by atoms with van der Waals surface area (Å²) in [6, 6.07) is 7.88. The number of benzene rings is 1. The number of aliphatic hydroxyl groups excluding tert-OH is 1. The van der Waals surface area contributed by atoms with E-state index in [2.05, 4.69) is 10.6 Å². The predicted molar refractivity (Wildman–Crippen MR) is 154 cm³/mol. The Morgan fingerprint density at radius 1 is 1.05 bits per heavy atom. The van der Waals surface area contributed by atoms with Gasteiger partial charge in [-0.15, -0.1) is 0 Å². The number of carbonyl (C=O) groups excluding carboxylic acids is 2. The fourth-order valence-corrected chi connectivity index (χ4v) is 7.67. The molecule has 0 saturated heterocycles. The van der Waals surface area contributed by atoms with Crippen LogP contribution in [0.5, 0.6) is 0 Å². The largest absolute Gasteiger partial charge is 0.444 e. The van der Waals surface area contributed by atoms with Crippen LogP contribution in [0.4, 0.5) is 16.3 Å². The monoisotopic (exact) mass is 536 g/mol. The first-order chi connectivity index (χ1) is 18.5. The molecule has 0 radical (unpaired) electrons. The van der Waals surface area contributed by atoms with Gasteiger partial charge in [0.2, 0.25) is 5.91 Å². The van der Waals surface area contributed by atoms with E-state index in [0.717, 1.165) is 39.9 Å². The van der Waals surface area contributed by atoms with Crippen LogP contribution >= 0.6 is 0 Å². The van der Waals surface area contributed by atoms with Gasteiger partial charge in [0.25, 0.3) is 0 Å². The molecule has 3 N–H and O–H groups in total. The molecule has 0 aliphatic heterocycles. The number of ether oxygens (including phenoxy) is 1. The van der Waals surface area contributed by atoms with Crippen molar-refractivity contribution in [3.63, 3.8) is 0 Å². The molecule has 8 heteroatoms. The Labute approximate surface area is 231 Å². The summed E-state index contributed by atoms with van der Waals surface area (Å²) < 4.78 is 5.44. The molecule has 4 aliphatic rings. The molecule has 212 valence electrons. The number of nitrogens with zero attached hydrogens (tertiary/aromatic N) is 2. The Balaban J connectivity index is 1.22. The molecule has 0 atom stereocenters. The molecule has 0 unspecified atom stereocenters. The maximum Gasteiger partial charge on any atom is 0.410 e. The van der Waals surface area contributed by atoms with Crippen LogP contribution < -0.4 is 10.6 Å². The van der Waals surface area contributed by atoms with E-state index in [1.807, 2.05) is 52.0 Å². The smallest absolute Gasteiger partial charge is 0.410 e. The van der Waals surface area contributed by atoms with E-state index >= 15 is 0 Å². The van der Waals surface area contributed by atoms with Crippen molar-refractivity contribution in [2.75, 3.05) is 36.9 Å². The van der Waals surface area contributed by atoms with Crippen molar-refractivity contribution in [2.45, 2.75) is 78.2 Å². The van der Waals surface area contributed by atoms with Crippen LogP contribution in [0.1, 0.15) is 71.3 Å². The molecule has 1 heterocycles. The van der Waals surface area contributed by atoms with E-state index in [4.69, 9.17) is 9.72 Å². The van der Waals surface area contributed by atoms with Crippen LogP contribution in [0.25, 0.3) is 10.9 Å². The molecule has 2 aromatic rings. The minimum Gasteiger partial charge on any atom is -0.444 e. The number of rotatable bonds is 9. The van der Waals surface area contributed by atoms with Crippen molar-refractivity contribution in [1.29, 1.82) is 0 Å². The summed E-state index contributed by atoms with van der Waals surface area (Å²) in [5.41, 5.74) is 2.28. The standard InChI is InChI=1S/C31H44N4O4/c1-20-5-7-25-24(6-8-26(33-25)32-9-10-35(11-12-36)29(38)39-30(2,3)4)28(20)34-27(37)19-31-16-21-13-22(17-31)15-23(14-21)18-31/h5-8,21-23,36H,9-19H2,1-4H3,(H,32,33)(H,34,37). The highest BCUT2D eigenvalue weighted by Gasteiger charge is 2.51. The van der Waals surface area contributed by atoms with Gasteiger partial charge in [0.15, 0.2) is 0 Å². The molecule has 0 spiro atoms. The van der Waals surface area contributed by atoms with Crippen LogP contribution in [0, 0.1) is 30.1 Å². The van der Waals surface area contributed by atoms with Gasteiger partial charge in [0.1, 0.15) is 11.4 Å².